The molecule has 1 amide bonds. The highest BCUT2D eigenvalue weighted by atomic mass is 19.4. The molecule has 0 bridgehead atoms. The zero-order valence-electron chi connectivity index (χ0n) is 16.7. The van der Waals surface area contributed by atoms with Crippen LogP contribution in [0.5, 0.6) is 0 Å². The van der Waals surface area contributed by atoms with Gasteiger partial charge >= 0.3 is 6.18 Å². The number of rotatable bonds is 8. The number of hydrogen-bond acceptors (Lipinski definition) is 2. The van der Waals surface area contributed by atoms with E-state index in [0.717, 1.165) is 25.7 Å². The minimum Gasteiger partial charge on any atom is -0.393 e. The molecule has 0 radical (unpaired) electrons. The highest BCUT2D eigenvalue weighted by Gasteiger charge is 2.32. The van der Waals surface area contributed by atoms with Crippen molar-refractivity contribution in [3.63, 3.8) is 0 Å². The van der Waals surface area contributed by atoms with Crippen LogP contribution in [0, 0.1) is 11.8 Å². The Morgan fingerprint density at radius 2 is 1.77 bits per heavy atom. The van der Waals surface area contributed by atoms with Gasteiger partial charge in [-0.15, -0.1) is 6.58 Å². The van der Waals surface area contributed by atoms with E-state index >= 15 is 0 Å². The number of carbonyl (C=O) groups excluding carboxylic acids is 1. The van der Waals surface area contributed by atoms with E-state index in [-0.39, 0.29) is 36.9 Å². The number of hydrogen-bond donors (Lipinski definition) is 1. The van der Waals surface area contributed by atoms with Gasteiger partial charge in [-0.2, -0.15) is 13.2 Å². The van der Waals surface area contributed by atoms with Gasteiger partial charge in [0.25, 0.3) is 0 Å². The van der Waals surface area contributed by atoms with Crippen molar-refractivity contribution in [1.82, 2.24) is 4.90 Å². The molecule has 0 aromatic carbocycles. The highest BCUT2D eigenvalue weighted by molar-refractivity contribution is 5.76. The van der Waals surface area contributed by atoms with Crippen LogP contribution < -0.4 is 0 Å². The second-order valence-corrected chi connectivity index (χ2v) is 7.14. The Kier molecular flexibility index (Phi) is 11.9. The van der Waals surface area contributed by atoms with Gasteiger partial charge in [-0.25, -0.2) is 0 Å². The molecule has 1 aliphatic rings. The number of alkyl halides is 3. The summed E-state index contributed by atoms with van der Waals surface area (Å²) < 4.78 is 37.7. The first-order chi connectivity index (χ1) is 12.1. The topological polar surface area (TPSA) is 40.5 Å². The zero-order valence-corrected chi connectivity index (χ0v) is 16.7. The molecule has 0 aliphatic heterocycles. The van der Waals surface area contributed by atoms with Crippen molar-refractivity contribution < 1.29 is 23.1 Å². The lowest BCUT2D eigenvalue weighted by Gasteiger charge is -2.33. The van der Waals surface area contributed by atoms with Gasteiger partial charge < -0.3 is 10.0 Å². The summed E-state index contributed by atoms with van der Waals surface area (Å²) in [5.41, 5.74) is 0. The number of nitrogens with zero attached hydrogens (tertiary/aromatic N) is 1. The summed E-state index contributed by atoms with van der Waals surface area (Å²) >= 11 is 0. The van der Waals surface area contributed by atoms with Gasteiger partial charge in [0.2, 0.25) is 5.91 Å². The van der Waals surface area contributed by atoms with Crippen LogP contribution in [0.2, 0.25) is 0 Å². The van der Waals surface area contributed by atoms with Crippen molar-refractivity contribution in [1.29, 1.82) is 0 Å². The minimum atomic E-state index is -4.28. The van der Waals surface area contributed by atoms with Crippen molar-refractivity contribution in [2.75, 3.05) is 6.54 Å². The van der Waals surface area contributed by atoms with E-state index in [1.54, 1.807) is 6.08 Å². The summed E-state index contributed by atoms with van der Waals surface area (Å²) in [6.45, 7) is 11.1. The van der Waals surface area contributed by atoms with Crippen LogP contribution >= 0.6 is 0 Å². The molecule has 0 saturated heterocycles. The number of halogens is 3. The maximum absolute atomic E-state index is 12.6. The van der Waals surface area contributed by atoms with E-state index in [1.165, 1.54) is 4.90 Å². The van der Waals surface area contributed by atoms with Crippen molar-refractivity contribution in [2.45, 2.75) is 91.0 Å². The molecule has 0 aromatic heterocycles. The maximum Gasteiger partial charge on any atom is 0.390 e. The van der Waals surface area contributed by atoms with Crippen LogP contribution in [-0.4, -0.2) is 40.8 Å². The van der Waals surface area contributed by atoms with Crippen molar-refractivity contribution in [2.24, 2.45) is 11.8 Å². The smallest absolute Gasteiger partial charge is 0.390 e. The largest absolute Gasteiger partial charge is 0.393 e. The van der Waals surface area contributed by atoms with Gasteiger partial charge in [-0.3, -0.25) is 4.79 Å². The molecule has 6 heteroatoms. The molecular formula is C20H36F3NO2. The van der Waals surface area contributed by atoms with Crippen LogP contribution in [-0.2, 0) is 4.79 Å². The zero-order chi connectivity index (χ0) is 20.3. The number of amides is 1. The van der Waals surface area contributed by atoms with E-state index < -0.39 is 12.6 Å². The number of aliphatic hydroxyl groups excluding tert-OH is 1. The molecule has 1 fully saturated rings. The van der Waals surface area contributed by atoms with Gasteiger partial charge in [-0.1, -0.05) is 33.8 Å². The normalized spacial score (nSPS) is 21.6. The molecule has 1 N–H and O–H groups in total. The van der Waals surface area contributed by atoms with Gasteiger partial charge in [-0.05, 0) is 43.9 Å². The third kappa shape index (κ3) is 9.60. The first-order valence-electron chi connectivity index (χ1n) is 9.81. The second kappa shape index (κ2) is 12.4. The lowest BCUT2D eigenvalue weighted by atomic mass is 9.84. The third-order valence-corrected chi connectivity index (χ3v) is 4.82. The summed E-state index contributed by atoms with van der Waals surface area (Å²) in [6.07, 6.45) is 0.244. The van der Waals surface area contributed by atoms with Crippen LogP contribution in [0.25, 0.3) is 0 Å². The van der Waals surface area contributed by atoms with E-state index in [0.29, 0.717) is 12.3 Å². The third-order valence-electron chi connectivity index (χ3n) is 4.82. The maximum atomic E-state index is 12.6. The Labute approximate surface area is 156 Å². The quantitative estimate of drug-likeness (QED) is 0.579. The molecule has 1 rings (SSSR count). The molecule has 0 heterocycles. The molecule has 1 unspecified atom stereocenters. The average Bonchev–Trinajstić information content (AvgIpc) is 2.58. The van der Waals surface area contributed by atoms with Crippen LogP contribution in [0.4, 0.5) is 13.2 Å². The monoisotopic (exact) mass is 379 g/mol. The molecule has 26 heavy (non-hydrogen) atoms. The fourth-order valence-electron chi connectivity index (χ4n) is 3.35. The molecule has 0 aromatic rings. The predicted molar refractivity (Wildman–Crippen MR) is 99.8 cm³/mol. The Hall–Kier alpha value is -1.04. The average molecular weight is 380 g/mol. The predicted octanol–water partition coefficient (Wildman–Crippen LogP) is 5.34. The van der Waals surface area contributed by atoms with Crippen LogP contribution in [0.3, 0.4) is 0 Å². The molecule has 1 saturated carbocycles. The summed E-state index contributed by atoms with van der Waals surface area (Å²) in [5.74, 6) is 0.163. The molecule has 0 spiro atoms. The number of aliphatic hydroxyl groups is 1. The first kappa shape index (κ1) is 25.0. The fraction of sp³-hybridized carbons (Fsp3) is 0.850. The Morgan fingerprint density at radius 1 is 1.23 bits per heavy atom. The van der Waals surface area contributed by atoms with E-state index in [2.05, 4.69) is 6.58 Å². The Balaban J connectivity index is 0.00000301. The fourth-order valence-corrected chi connectivity index (χ4v) is 3.35. The Bertz CT molecular complexity index is 402. The van der Waals surface area contributed by atoms with E-state index in [4.69, 9.17) is 0 Å². The van der Waals surface area contributed by atoms with E-state index in [1.807, 2.05) is 27.7 Å². The van der Waals surface area contributed by atoms with Gasteiger partial charge in [0.1, 0.15) is 0 Å². The number of carbonyl (C=O) groups is 1. The molecular weight excluding hydrogens is 343 g/mol. The van der Waals surface area contributed by atoms with Crippen LogP contribution in [0.15, 0.2) is 12.7 Å². The lowest BCUT2D eigenvalue weighted by Crippen LogP contribution is -2.44. The molecule has 1 atom stereocenters. The van der Waals surface area contributed by atoms with Crippen LogP contribution in [0.1, 0.15) is 72.6 Å². The molecule has 3 nitrogen and oxygen atoms in total. The minimum absolute atomic E-state index is 0.0181. The summed E-state index contributed by atoms with van der Waals surface area (Å²) in [5, 5.41) is 9.51. The van der Waals surface area contributed by atoms with E-state index in [9.17, 15) is 23.1 Å². The van der Waals surface area contributed by atoms with Crippen molar-refractivity contribution in [3.05, 3.63) is 12.7 Å². The molecule has 1 aliphatic carbocycles. The summed E-state index contributed by atoms with van der Waals surface area (Å²) in [6, 6.07) is -0.381. The summed E-state index contributed by atoms with van der Waals surface area (Å²) in [7, 11) is 0. The van der Waals surface area contributed by atoms with Gasteiger partial charge in [0.15, 0.2) is 0 Å². The standard InChI is InChI=1S/C18H30F3NO2.C2H6/c1-4-16(13(2)3)22(12-11-18(19,20)21)17(24)10-7-14-5-8-15(23)9-6-14;1-2/h4,13-16,23H,1,5-12H2,2-3H3;1-2H3. The first-order valence-corrected chi connectivity index (χ1v) is 9.81. The van der Waals surface area contributed by atoms with Crippen molar-refractivity contribution >= 4 is 5.91 Å². The Morgan fingerprint density at radius 3 is 2.19 bits per heavy atom. The lowest BCUT2D eigenvalue weighted by molar-refractivity contribution is -0.147. The highest BCUT2D eigenvalue weighted by Crippen LogP contribution is 2.29. The van der Waals surface area contributed by atoms with Crippen molar-refractivity contribution in [3.8, 4) is 0 Å². The van der Waals surface area contributed by atoms with Gasteiger partial charge in [0, 0.05) is 13.0 Å². The SMILES string of the molecule is C=CC(C(C)C)N(CCC(F)(F)F)C(=O)CCC1CCC(O)CC1.CC. The van der Waals surface area contributed by atoms with Gasteiger partial charge in [0.05, 0.1) is 18.6 Å². The second-order valence-electron chi connectivity index (χ2n) is 7.14. The molecule has 154 valence electrons. The summed E-state index contributed by atoms with van der Waals surface area (Å²) in [4.78, 5) is 13.9.